The van der Waals surface area contributed by atoms with Crippen LogP contribution in [0.2, 0.25) is 0 Å². The van der Waals surface area contributed by atoms with Crippen molar-refractivity contribution in [1.82, 2.24) is 4.98 Å². The van der Waals surface area contributed by atoms with Gasteiger partial charge in [-0.1, -0.05) is 26.7 Å². The summed E-state index contributed by atoms with van der Waals surface area (Å²) in [4.78, 5) is 44.0. The summed E-state index contributed by atoms with van der Waals surface area (Å²) in [6, 6.07) is 5.72. The summed E-state index contributed by atoms with van der Waals surface area (Å²) < 4.78 is 4.48. The standard InChI is InChI=1S/C7H10O3.C5H5N.C4H5ClO.C3H6O2.CH4.FH.H2/c1-5(2)7(9)10-4-6(3)8;1-2-4-6-5-3-1;1-3(2)4(5)6;1-3(5)2-4;;;/h1,4H2,2-3H3;1-5H;1H2,2H3;4H,2H2,1H3;1H4;2*1H/i;;;;;;1+2. The second-order valence-corrected chi connectivity index (χ2v) is 5.34. The van der Waals surface area contributed by atoms with Crippen molar-refractivity contribution in [2.75, 3.05) is 13.2 Å². The van der Waals surface area contributed by atoms with Crippen molar-refractivity contribution in [3.05, 3.63) is 54.9 Å². The molecule has 0 radical (unpaired) electrons. The summed E-state index contributed by atoms with van der Waals surface area (Å²) in [5, 5.41) is 7.33. The van der Waals surface area contributed by atoms with Crippen LogP contribution in [0.25, 0.3) is 0 Å². The lowest BCUT2D eigenvalue weighted by molar-refractivity contribution is -0.143. The van der Waals surface area contributed by atoms with Gasteiger partial charge in [0.15, 0.2) is 11.6 Å². The van der Waals surface area contributed by atoms with Crippen LogP contribution in [0.4, 0.5) is 4.70 Å². The Labute approximate surface area is 178 Å². The highest BCUT2D eigenvalue weighted by Crippen LogP contribution is 1.91. The quantitative estimate of drug-likeness (QED) is 0.423. The second-order valence-electron chi connectivity index (χ2n) is 5.00. The fraction of sp³-hybridized carbons (Fsp3) is 0.350. The van der Waals surface area contributed by atoms with E-state index in [0.29, 0.717) is 11.1 Å². The number of Topliss-reactive ketones (excluding diaryl/α,β-unsaturated/α-hetero) is 2. The van der Waals surface area contributed by atoms with Crippen LogP contribution in [0.3, 0.4) is 0 Å². The average Bonchev–Trinajstić information content (AvgIpc) is 2.62. The molecular formula is C20H33ClFNO6. The number of rotatable bonds is 5. The maximum absolute atomic E-state index is 10.6. The molecule has 0 fully saturated rings. The Hall–Kier alpha value is -2.71. The Morgan fingerprint density at radius 3 is 1.48 bits per heavy atom. The smallest absolute Gasteiger partial charge is 0.333 e. The van der Waals surface area contributed by atoms with E-state index in [1.54, 1.807) is 19.3 Å². The third-order valence-electron chi connectivity index (χ3n) is 1.88. The lowest BCUT2D eigenvalue weighted by Gasteiger charge is -1.99. The zero-order chi connectivity index (χ0) is 21.8. The number of hydrogen-bond donors (Lipinski definition) is 1. The first kappa shape index (κ1) is 37.1. The van der Waals surface area contributed by atoms with E-state index in [4.69, 9.17) is 16.7 Å². The lowest BCUT2D eigenvalue weighted by Crippen LogP contribution is -2.11. The molecule has 9 heteroatoms. The Bertz CT molecular complexity index is 588. The van der Waals surface area contributed by atoms with Gasteiger partial charge in [-0.05, 0) is 51.4 Å². The fourth-order valence-electron chi connectivity index (χ4n) is 0.603. The molecule has 0 aromatic carbocycles. The fourth-order valence-corrected chi connectivity index (χ4v) is 0.603. The molecular weight excluding hydrogens is 405 g/mol. The highest BCUT2D eigenvalue weighted by Gasteiger charge is 2.03. The molecule has 0 aliphatic carbocycles. The van der Waals surface area contributed by atoms with Gasteiger partial charge in [0.1, 0.15) is 13.2 Å². The first-order valence-electron chi connectivity index (χ1n) is 7.58. The largest absolute Gasteiger partial charge is 0.454 e. The summed E-state index contributed by atoms with van der Waals surface area (Å²) >= 11 is 4.87. The van der Waals surface area contributed by atoms with Crippen LogP contribution in [0.1, 0.15) is 36.5 Å². The van der Waals surface area contributed by atoms with Crippen LogP contribution in [-0.2, 0) is 23.9 Å². The molecule has 0 atom stereocenters. The highest BCUT2D eigenvalue weighted by atomic mass is 35.5. The minimum atomic E-state index is -0.518. The van der Waals surface area contributed by atoms with Crippen LogP contribution >= 0.6 is 11.6 Å². The Morgan fingerprint density at radius 2 is 1.34 bits per heavy atom. The van der Waals surface area contributed by atoms with Gasteiger partial charge < -0.3 is 9.84 Å². The molecule has 1 heterocycles. The summed E-state index contributed by atoms with van der Waals surface area (Å²) in [6.45, 7) is 11.9. The normalized spacial score (nSPS) is 7.52. The second kappa shape index (κ2) is 25.3. The maximum atomic E-state index is 10.6. The number of ketones is 2. The van der Waals surface area contributed by atoms with Crippen LogP contribution in [0.5, 0.6) is 0 Å². The first-order chi connectivity index (χ1) is 12.4. The van der Waals surface area contributed by atoms with Gasteiger partial charge in [0.2, 0.25) is 5.24 Å². The molecule has 0 spiro atoms. The summed E-state index contributed by atoms with van der Waals surface area (Å²) in [5.74, 6) is -0.880. The predicted molar refractivity (Wildman–Crippen MR) is 115 cm³/mol. The zero-order valence-electron chi connectivity index (χ0n) is 16.4. The molecule has 1 aromatic rings. The third kappa shape index (κ3) is 41.0. The van der Waals surface area contributed by atoms with Gasteiger partial charge in [0, 0.05) is 25.0 Å². The summed E-state index contributed by atoms with van der Waals surface area (Å²) in [6.07, 6.45) is 3.50. The van der Waals surface area contributed by atoms with Gasteiger partial charge in [-0.2, -0.15) is 0 Å². The number of ether oxygens (including phenoxy) is 1. The first-order valence-corrected chi connectivity index (χ1v) is 7.96. The summed E-state index contributed by atoms with van der Waals surface area (Å²) in [7, 11) is 0. The van der Waals surface area contributed by atoms with E-state index in [0.717, 1.165) is 0 Å². The lowest BCUT2D eigenvalue weighted by atomic mass is 10.4. The number of halogens is 2. The van der Waals surface area contributed by atoms with E-state index in [1.807, 2.05) is 18.2 Å². The Kier molecular flexibility index (Phi) is 32.4. The van der Waals surface area contributed by atoms with E-state index in [-0.39, 0.29) is 38.3 Å². The number of carbonyl (C=O) groups is 4. The van der Waals surface area contributed by atoms with Crippen molar-refractivity contribution in [2.45, 2.75) is 35.1 Å². The summed E-state index contributed by atoms with van der Waals surface area (Å²) in [5.41, 5.74) is 0.693. The van der Waals surface area contributed by atoms with Gasteiger partial charge in [-0.3, -0.25) is 24.1 Å². The molecule has 1 N–H and O–H groups in total. The number of aromatic nitrogens is 1. The number of esters is 1. The molecule has 0 unspecified atom stereocenters. The van der Waals surface area contributed by atoms with Gasteiger partial charge in [-0.25, -0.2) is 4.79 Å². The van der Waals surface area contributed by atoms with Crippen molar-refractivity contribution in [1.29, 1.82) is 0 Å². The number of aliphatic hydroxyl groups excluding tert-OH is 1. The van der Waals surface area contributed by atoms with Crippen molar-refractivity contribution in [2.24, 2.45) is 0 Å². The maximum Gasteiger partial charge on any atom is 0.333 e. The number of nitrogens with zero attached hydrogens (tertiary/aromatic N) is 1. The molecule has 7 nitrogen and oxygen atoms in total. The molecule has 1 aromatic heterocycles. The van der Waals surface area contributed by atoms with Gasteiger partial charge in [0.05, 0.1) is 0 Å². The molecule has 0 aliphatic rings. The van der Waals surface area contributed by atoms with E-state index in [9.17, 15) is 19.2 Å². The third-order valence-corrected chi connectivity index (χ3v) is 2.20. The van der Waals surface area contributed by atoms with Crippen molar-refractivity contribution >= 4 is 34.4 Å². The number of pyridine rings is 1. The van der Waals surface area contributed by atoms with E-state index in [1.165, 1.54) is 20.8 Å². The van der Waals surface area contributed by atoms with Crippen LogP contribution in [0, 0.1) is 0 Å². The SMILES string of the molecule is C.C=C(C)C(=O)Cl.C=C(C)C(=O)OCC(C)=O.CC(=O)CO.F.[3HH].c1ccncc1. The topological polar surface area (TPSA) is 111 Å². The molecule has 0 bridgehead atoms. The van der Waals surface area contributed by atoms with Crippen molar-refractivity contribution in [3.63, 3.8) is 0 Å². The molecule has 29 heavy (non-hydrogen) atoms. The van der Waals surface area contributed by atoms with Gasteiger partial charge in [0.25, 0.3) is 0 Å². The molecule has 0 amide bonds. The van der Waals surface area contributed by atoms with Crippen LogP contribution in [-0.4, -0.2) is 46.1 Å². The minimum Gasteiger partial charge on any atom is -0.454 e. The van der Waals surface area contributed by atoms with Crippen LogP contribution < -0.4 is 0 Å². The molecule has 168 valence electrons. The Morgan fingerprint density at radius 1 is 0.966 bits per heavy atom. The van der Waals surface area contributed by atoms with E-state index >= 15 is 0 Å². The number of carbonyl (C=O) groups excluding carboxylic acids is 4. The van der Waals surface area contributed by atoms with Gasteiger partial charge >= 0.3 is 5.97 Å². The van der Waals surface area contributed by atoms with E-state index in [2.05, 4.69) is 22.9 Å². The number of aliphatic hydroxyl groups is 1. The monoisotopic (exact) mass is 439 g/mol. The highest BCUT2D eigenvalue weighted by molar-refractivity contribution is 6.67. The number of hydrogen-bond acceptors (Lipinski definition) is 7. The van der Waals surface area contributed by atoms with Crippen molar-refractivity contribution < 1.29 is 35.2 Å². The Balaban J connectivity index is -0.0000000641. The average molecular weight is 440 g/mol. The van der Waals surface area contributed by atoms with Gasteiger partial charge in [-0.15, -0.1) is 0 Å². The zero-order valence-corrected chi connectivity index (χ0v) is 17.2. The van der Waals surface area contributed by atoms with Crippen LogP contribution in [0.15, 0.2) is 54.9 Å². The minimum absolute atomic E-state index is 0. The predicted octanol–water partition coefficient (Wildman–Crippen LogP) is 3.71. The van der Waals surface area contributed by atoms with E-state index < -0.39 is 11.2 Å². The molecule has 0 saturated heterocycles. The molecule has 0 aliphatic heterocycles. The van der Waals surface area contributed by atoms with Crippen molar-refractivity contribution in [3.8, 4) is 0 Å². The molecule has 0 saturated carbocycles. The number of allylic oxidation sites excluding steroid dienone is 1. The molecule has 1 rings (SSSR count).